The molecule has 0 aliphatic carbocycles. The molecule has 0 radical (unpaired) electrons. The van der Waals surface area contributed by atoms with Crippen molar-refractivity contribution in [1.82, 2.24) is 5.32 Å². The van der Waals surface area contributed by atoms with E-state index in [2.05, 4.69) is 24.4 Å². The first-order chi connectivity index (χ1) is 7.31. The molecule has 0 saturated carbocycles. The average molecular weight is 207 g/mol. The zero-order valence-electron chi connectivity index (χ0n) is 9.25. The largest absolute Gasteiger partial charge is 0.496 e. The molecule has 3 heteroatoms. The number of morpholine rings is 1. The van der Waals surface area contributed by atoms with Crippen molar-refractivity contribution in [2.75, 3.05) is 26.8 Å². The Balaban J connectivity index is 2.17. The van der Waals surface area contributed by atoms with Gasteiger partial charge in [0.25, 0.3) is 0 Å². The van der Waals surface area contributed by atoms with Gasteiger partial charge in [-0.15, -0.1) is 0 Å². The van der Waals surface area contributed by atoms with E-state index in [-0.39, 0.29) is 6.10 Å². The van der Waals surface area contributed by atoms with E-state index in [9.17, 15) is 0 Å². The highest BCUT2D eigenvalue weighted by atomic mass is 16.5. The van der Waals surface area contributed by atoms with Gasteiger partial charge in [-0.1, -0.05) is 6.07 Å². The SMILES string of the molecule is COc1ccc([C@H]2CNCCO2)cc1C. The molecule has 0 spiro atoms. The zero-order chi connectivity index (χ0) is 10.7. The van der Waals surface area contributed by atoms with Crippen LogP contribution in [0.1, 0.15) is 17.2 Å². The molecule has 0 aromatic heterocycles. The third kappa shape index (κ3) is 2.30. The maximum Gasteiger partial charge on any atom is 0.121 e. The highest BCUT2D eigenvalue weighted by molar-refractivity contribution is 5.37. The van der Waals surface area contributed by atoms with E-state index >= 15 is 0 Å². The Hall–Kier alpha value is -1.06. The number of benzene rings is 1. The van der Waals surface area contributed by atoms with E-state index in [1.807, 2.05) is 6.07 Å². The Bertz CT molecular complexity index is 332. The molecule has 1 aliphatic heterocycles. The van der Waals surface area contributed by atoms with Crippen molar-refractivity contribution in [3.8, 4) is 5.75 Å². The molecule has 3 nitrogen and oxygen atoms in total. The van der Waals surface area contributed by atoms with Gasteiger partial charge in [0.1, 0.15) is 5.75 Å². The van der Waals surface area contributed by atoms with Crippen LogP contribution in [-0.2, 0) is 4.74 Å². The van der Waals surface area contributed by atoms with Gasteiger partial charge in [-0.05, 0) is 30.2 Å². The molecule has 0 unspecified atom stereocenters. The summed E-state index contributed by atoms with van der Waals surface area (Å²) in [6.07, 6.45) is 0.184. The second kappa shape index (κ2) is 4.64. The van der Waals surface area contributed by atoms with Crippen LogP contribution in [0, 0.1) is 6.92 Å². The molecular formula is C12H17NO2. The van der Waals surface area contributed by atoms with Crippen molar-refractivity contribution >= 4 is 0 Å². The van der Waals surface area contributed by atoms with Gasteiger partial charge < -0.3 is 14.8 Å². The van der Waals surface area contributed by atoms with Gasteiger partial charge in [0.05, 0.1) is 19.8 Å². The lowest BCUT2D eigenvalue weighted by Gasteiger charge is -2.24. The van der Waals surface area contributed by atoms with E-state index in [1.165, 1.54) is 5.56 Å². The summed E-state index contributed by atoms with van der Waals surface area (Å²) < 4.78 is 10.9. The van der Waals surface area contributed by atoms with Crippen molar-refractivity contribution in [2.45, 2.75) is 13.0 Å². The van der Waals surface area contributed by atoms with Crippen molar-refractivity contribution in [2.24, 2.45) is 0 Å². The summed E-state index contributed by atoms with van der Waals surface area (Å²) in [5.74, 6) is 0.933. The number of aryl methyl sites for hydroxylation is 1. The van der Waals surface area contributed by atoms with E-state index < -0.39 is 0 Å². The molecule has 15 heavy (non-hydrogen) atoms. The molecule has 1 N–H and O–H groups in total. The highest BCUT2D eigenvalue weighted by Crippen LogP contribution is 2.24. The number of rotatable bonds is 2. The Labute approximate surface area is 90.4 Å². The lowest BCUT2D eigenvalue weighted by atomic mass is 10.1. The van der Waals surface area contributed by atoms with Crippen LogP contribution in [0.2, 0.25) is 0 Å². The van der Waals surface area contributed by atoms with E-state index in [0.717, 1.165) is 31.0 Å². The predicted octanol–water partition coefficient (Wildman–Crippen LogP) is 1.66. The second-order valence-corrected chi connectivity index (χ2v) is 3.79. The van der Waals surface area contributed by atoms with E-state index in [0.29, 0.717) is 0 Å². The minimum atomic E-state index is 0.184. The molecule has 82 valence electrons. The third-order valence-electron chi connectivity index (χ3n) is 2.72. The Morgan fingerprint density at radius 3 is 2.93 bits per heavy atom. The summed E-state index contributed by atoms with van der Waals surface area (Å²) in [7, 11) is 1.70. The fourth-order valence-corrected chi connectivity index (χ4v) is 1.88. The van der Waals surface area contributed by atoms with Crippen LogP contribution in [0.3, 0.4) is 0 Å². The number of hydrogen-bond donors (Lipinski definition) is 1. The Kier molecular flexibility index (Phi) is 3.23. The number of hydrogen-bond acceptors (Lipinski definition) is 3. The fraction of sp³-hybridized carbons (Fsp3) is 0.500. The van der Waals surface area contributed by atoms with Gasteiger partial charge in [-0.25, -0.2) is 0 Å². The van der Waals surface area contributed by atoms with Crippen LogP contribution in [0.25, 0.3) is 0 Å². The van der Waals surface area contributed by atoms with Gasteiger partial charge in [-0.3, -0.25) is 0 Å². The van der Waals surface area contributed by atoms with Crippen LogP contribution in [0.4, 0.5) is 0 Å². The molecule has 1 aromatic carbocycles. The van der Waals surface area contributed by atoms with E-state index in [4.69, 9.17) is 9.47 Å². The molecule has 2 rings (SSSR count). The zero-order valence-corrected chi connectivity index (χ0v) is 9.25. The number of methoxy groups -OCH3 is 1. The Morgan fingerprint density at radius 1 is 1.47 bits per heavy atom. The summed E-state index contributed by atoms with van der Waals surface area (Å²) in [4.78, 5) is 0. The smallest absolute Gasteiger partial charge is 0.121 e. The standard InChI is InChI=1S/C12H17NO2/c1-9-7-10(3-4-11(9)14-2)12-8-13-5-6-15-12/h3-4,7,12-13H,5-6,8H2,1-2H3/t12-/m1/s1. The first kappa shape index (κ1) is 10.5. The predicted molar refractivity (Wildman–Crippen MR) is 59.3 cm³/mol. The molecule has 1 heterocycles. The molecule has 1 fully saturated rings. The molecule has 1 saturated heterocycles. The Morgan fingerprint density at radius 2 is 2.33 bits per heavy atom. The molecule has 0 amide bonds. The van der Waals surface area contributed by atoms with E-state index in [1.54, 1.807) is 7.11 Å². The van der Waals surface area contributed by atoms with Crippen LogP contribution in [-0.4, -0.2) is 26.8 Å². The summed E-state index contributed by atoms with van der Waals surface area (Å²) in [5, 5.41) is 3.33. The van der Waals surface area contributed by atoms with Crippen LogP contribution < -0.4 is 10.1 Å². The molecular weight excluding hydrogens is 190 g/mol. The topological polar surface area (TPSA) is 30.5 Å². The maximum absolute atomic E-state index is 5.69. The summed E-state index contributed by atoms with van der Waals surface area (Å²) >= 11 is 0. The third-order valence-corrected chi connectivity index (χ3v) is 2.72. The minimum absolute atomic E-state index is 0.184. The van der Waals surface area contributed by atoms with Crippen molar-refractivity contribution in [3.63, 3.8) is 0 Å². The minimum Gasteiger partial charge on any atom is -0.496 e. The van der Waals surface area contributed by atoms with Gasteiger partial charge in [0, 0.05) is 13.1 Å². The van der Waals surface area contributed by atoms with Gasteiger partial charge in [0.2, 0.25) is 0 Å². The van der Waals surface area contributed by atoms with Crippen molar-refractivity contribution in [1.29, 1.82) is 0 Å². The lowest BCUT2D eigenvalue weighted by molar-refractivity contribution is 0.0276. The number of ether oxygens (including phenoxy) is 2. The lowest BCUT2D eigenvalue weighted by Crippen LogP contribution is -2.33. The average Bonchev–Trinajstić information content (AvgIpc) is 2.30. The van der Waals surface area contributed by atoms with Gasteiger partial charge in [0.15, 0.2) is 0 Å². The summed E-state index contributed by atoms with van der Waals surface area (Å²) in [6, 6.07) is 6.21. The van der Waals surface area contributed by atoms with Crippen LogP contribution in [0.5, 0.6) is 5.75 Å². The second-order valence-electron chi connectivity index (χ2n) is 3.79. The highest BCUT2D eigenvalue weighted by Gasteiger charge is 2.16. The quantitative estimate of drug-likeness (QED) is 0.800. The molecule has 1 aromatic rings. The summed E-state index contributed by atoms with van der Waals surface area (Å²) in [5.41, 5.74) is 2.38. The maximum atomic E-state index is 5.69. The summed E-state index contributed by atoms with van der Waals surface area (Å²) in [6.45, 7) is 4.69. The van der Waals surface area contributed by atoms with Gasteiger partial charge in [-0.2, -0.15) is 0 Å². The first-order valence-electron chi connectivity index (χ1n) is 5.28. The molecule has 0 bridgehead atoms. The van der Waals surface area contributed by atoms with Crippen LogP contribution in [0.15, 0.2) is 18.2 Å². The number of nitrogens with one attached hydrogen (secondary N) is 1. The van der Waals surface area contributed by atoms with Crippen molar-refractivity contribution in [3.05, 3.63) is 29.3 Å². The molecule has 1 aliphatic rings. The normalized spacial score (nSPS) is 21.3. The van der Waals surface area contributed by atoms with Gasteiger partial charge >= 0.3 is 0 Å². The van der Waals surface area contributed by atoms with Crippen molar-refractivity contribution < 1.29 is 9.47 Å². The fourth-order valence-electron chi connectivity index (χ4n) is 1.88. The monoisotopic (exact) mass is 207 g/mol. The van der Waals surface area contributed by atoms with Crippen LogP contribution >= 0.6 is 0 Å². The molecule has 1 atom stereocenters. The first-order valence-corrected chi connectivity index (χ1v) is 5.28.